The Labute approximate surface area is 263 Å². The van der Waals surface area contributed by atoms with Crippen LogP contribution in [0.15, 0.2) is 53.6 Å². The Morgan fingerprint density at radius 2 is 1.78 bits per heavy atom. The number of amides is 1. The second kappa shape index (κ2) is 14.0. The lowest BCUT2D eigenvalue weighted by Crippen LogP contribution is -2.67. The van der Waals surface area contributed by atoms with Crippen molar-refractivity contribution in [2.24, 2.45) is 0 Å². The fourth-order valence-electron chi connectivity index (χ4n) is 5.49. The molecule has 0 radical (unpaired) electrons. The van der Waals surface area contributed by atoms with Gasteiger partial charge >= 0.3 is 0 Å². The molecule has 0 aromatic heterocycles. The zero-order valence-corrected chi connectivity index (χ0v) is 25.1. The topological polar surface area (TPSA) is 176 Å². The Bertz CT molecular complexity index is 1450. The summed E-state index contributed by atoms with van der Waals surface area (Å²) < 4.78 is 41.1. The molecule has 3 aliphatic rings. The first-order valence-electron chi connectivity index (χ1n) is 14.3. The predicted molar refractivity (Wildman–Crippen MR) is 157 cm³/mol. The third-order valence-electron chi connectivity index (χ3n) is 7.95. The summed E-state index contributed by atoms with van der Waals surface area (Å²) in [5, 5.41) is 55.3. The highest BCUT2D eigenvalue weighted by molar-refractivity contribution is 6.32. The maximum Gasteiger partial charge on any atom is 0.247 e. The first kappa shape index (κ1) is 33.1. The van der Waals surface area contributed by atoms with Crippen molar-refractivity contribution < 1.29 is 58.4 Å². The Morgan fingerprint density at radius 3 is 2.51 bits per heavy atom. The number of carbonyl (C=O) groups is 1. The van der Waals surface area contributed by atoms with Crippen LogP contribution in [0.4, 0.5) is 4.39 Å². The van der Waals surface area contributed by atoms with Gasteiger partial charge in [-0.1, -0.05) is 17.7 Å². The zero-order chi connectivity index (χ0) is 32.4. The number of fused-ring (bicyclic) bond motifs is 1. The van der Waals surface area contributed by atoms with Crippen molar-refractivity contribution in [3.8, 4) is 17.2 Å². The minimum Gasteiger partial charge on any atom is -0.504 e. The highest BCUT2D eigenvalue weighted by Gasteiger charge is 2.53. The molecule has 5 rings (SSSR count). The van der Waals surface area contributed by atoms with Gasteiger partial charge in [-0.05, 0) is 61.4 Å². The number of aliphatic hydroxyl groups excluding tert-OH is 4. The molecule has 2 saturated heterocycles. The molecule has 3 fully saturated rings. The first-order chi connectivity index (χ1) is 21.4. The minimum atomic E-state index is -1.48. The zero-order valence-electron chi connectivity index (χ0n) is 24.4. The van der Waals surface area contributed by atoms with E-state index in [9.17, 15) is 34.7 Å². The minimum absolute atomic E-state index is 0.0639. The van der Waals surface area contributed by atoms with Crippen molar-refractivity contribution in [1.29, 1.82) is 0 Å². The summed E-state index contributed by atoms with van der Waals surface area (Å²) in [5.41, 5.74) is 1.30. The number of benzene rings is 2. The molecular weight excluding hydrogens is 617 g/mol. The first-order valence-corrected chi connectivity index (χ1v) is 14.6. The number of aliphatic hydroxyl groups is 4. The number of nitrogens with one attached hydrogen (secondary N) is 1. The van der Waals surface area contributed by atoms with Crippen molar-refractivity contribution in [3.05, 3.63) is 70.0 Å². The molecule has 45 heavy (non-hydrogen) atoms. The van der Waals surface area contributed by atoms with Gasteiger partial charge in [-0.2, -0.15) is 0 Å². The van der Waals surface area contributed by atoms with Crippen molar-refractivity contribution in [3.63, 3.8) is 0 Å². The van der Waals surface area contributed by atoms with E-state index in [1.54, 1.807) is 19.1 Å². The van der Waals surface area contributed by atoms with Crippen LogP contribution in [0.5, 0.6) is 17.2 Å². The Kier molecular flexibility index (Phi) is 10.3. The van der Waals surface area contributed by atoms with Gasteiger partial charge < -0.3 is 54.5 Å². The lowest BCUT2D eigenvalue weighted by atomic mass is 9.83. The Balaban J connectivity index is 1.16. The summed E-state index contributed by atoms with van der Waals surface area (Å²) in [4.78, 5) is 12.9. The molecule has 2 aliphatic heterocycles. The van der Waals surface area contributed by atoms with E-state index in [1.807, 2.05) is 0 Å². The van der Waals surface area contributed by atoms with Gasteiger partial charge in [-0.3, -0.25) is 4.79 Å². The standard InChI is InChI=1S/C31H35ClFNO11/c1-14(7-8-41-22-11-17(33)4-5-18(22)32)28-20(36)12-23(45-28)44-21-6-3-16(10-19(21)35)9-15(2)31(40)34-24-25(37)27(39)30-29(26(24)38)42-13-43-30/h3-7,9-11,20,23-30,35-39H,8,12-13H2,1-2H3,(H,34,40)/t20-,23+,24+,25-,26+,27+,28+,29-,30+/m0/s1. The van der Waals surface area contributed by atoms with Crippen LogP contribution in [0.1, 0.15) is 25.8 Å². The molecule has 1 amide bonds. The van der Waals surface area contributed by atoms with Crippen molar-refractivity contribution in [2.45, 2.75) is 75.3 Å². The van der Waals surface area contributed by atoms with E-state index in [-0.39, 0.29) is 47.7 Å². The number of rotatable bonds is 9. The van der Waals surface area contributed by atoms with Crippen LogP contribution < -0.4 is 14.8 Å². The van der Waals surface area contributed by atoms with E-state index in [2.05, 4.69) is 5.32 Å². The summed E-state index contributed by atoms with van der Waals surface area (Å²) in [5.74, 6) is -1.06. The summed E-state index contributed by atoms with van der Waals surface area (Å²) in [6.07, 6.45) is -5.14. The number of hydrogen-bond donors (Lipinski definition) is 6. The molecule has 2 aromatic rings. The molecule has 9 atom stereocenters. The molecule has 244 valence electrons. The van der Waals surface area contributed by atoms with Gasteiger partial charge in [0.25, 0.3) is 0 Å². The lowest BCUT2D eigenvalue weighted by molar-refractivity contribution is -0.155. The molecule has 2 heterocycles. The van der Waals surface area contributed by atoms with E-state index in [4.69, 9.17) is 35.3 Å². The summed E-state index contributed by atoms with van der Waals surface area (Å²) in [6, 6.07) is 7.04. The third kappa shape index (κ3) is 7.42. The lowest BCUT2D eigenvalue weighted by Gasteiger charge is -2.41. The molecule has 1 aliphatic carbocycles. The van der Waals surface area contributed by atoms with Gasteiger partial charge in [-0.25, -0.2) is 4.39 Å². The second-order valence-corrected chi connectivity index (χ2v) is 11.6. The Hall–Kier alpha value is -3.27. The van der Waals surface area contributed by atoms with E-state index in [0.29, 0.717) is 11.1 Å². The van der Waals surface area contributed by atoms with Crippen LogP contribution in [-0.2, 0) is 19.0 Å². The summed E-state index contributed by atoms with van der Waals surface area (Å²) in [7, 11) is 0. The second-order valence-electron chi connectivity index (χ2n) is 11.1. The van der Waals surface area contributed by atoms with Crippen molar-refractivity contribution >= 4 is 23.6 Å². The van der Waals surface area contributed by atoms with Crippen molar-refractivity contribution in [1.82, 2.24) is 5.32 Å². The number of ether oxygens (including phenoxy) is 5. The average Bonchev–Trinajstić information content (AvgIpc) is 3.64. The number of hydrogen-bond acceptors (Lipinski definition) is 11. The van der Waals surface area contributed by atoms with Gasteiger partial charge in [0.05, 0.1) is 17.2 Å². The van der Waals surface area contributed by atoms with Crippen LogP contribution in [0, 0.1) is 5.82 Å². The van der Waals surface area contributed by atoms with Crippen LogP contribution in [-0.4, -0.2) is 99.9 Å². The van der Waals surface area contributed by atoms with E-state index >= 15 is 0 Å². The number of halogens is 2. The fourth-order valence-corrected chi connectivity index (χ4v) is 5.66. The molecule has 1 saturated carbocycles. The molecule has 0 unspecified atom stereocenters. The smallest absolute Gasteiger partial charge is 0.247 e. The predicted octanol–water partition coefficient (Wildman–Crippen LogP) is 1.79. The van der Waals surface area contributed by atoms with Crippen LogP contribution in [0.2, 0.25) is 5.02 Å². The van der Waals surface area contributed by atoms with Gasteiger partial charge in [0.2, 0.25) is 12.2 Å². The SMILES string of the molecule is CC(=Cc1ccc(O[C@H]2C[C@H](O)[C@@H](C(C)=CCOc3cc(F)ccc3Cl)O2)c(O)c1)C(=O)N[C@@H]1[C@H](O)[C@@H](O)[C@H]2OCO[C@H]2[C@@H]1O. The quantitative estimate of drug-likeness (QED) is 0.172. The number of aromatic hydroxyl groups is 1. The molecule has 0 bridgehead atoms. The monoisotopic (exact) mass is 651 g/mol. The number of phenols is 1. The van der Waals surface area contributed by atoms with Gasteiger partial charge in [0.1, 0.15) is 61.6 Å². The number of phenolic OH excluding ortho intramolecular Hbond substituents is 1. The molecule has 6 N–H and O–H groups in total. The molecule has 14 heteroatoms. The maximum absolute atomic E-state index is 13.4. The van der Waals surface area contributed by atoms with Gasteiger partial charge in [0.15, 0.2) is 11.5 Å². The van der Waals surface area contributed by atoms with Crippen LogP contribution in [0.25, 0.3) is 6.08 Å². The molecule has 2 aromatic carbocycles. The van der Waals surface area contributed by atoms with Gasteiger partial charge in [0, 0.05) is 18.1 Å². The molecular formula is C31H35ClFNO11. The maximum atomic E-state index is 13.4. The van der Waals surface area contributed by atoms with Crippen LogP contribution >= 0.6 is 11.6 Å². The normalized spacial score (nSPS) is 31.9. The molecule has 0 spiro atoms. The van der Waals surface area contributed by atoms with E-state index < -0.39 is 66.8 Å². The van der Waals surface area contributed by atoms with Crippen molar-refractivity contribution in [2.75, 3.05) is 13.4 Å². The highest BCUT2D eigenvalue weighted by Crippen LogP contribution is 2.34. The van der Waals surface area contributed by atoms with Crippen LogP contribution in [0.3, 0.4) is 0 Å². The molecule has 12 nitrogen and oxygen atoms in total. The highest BCUT2D eigenvalue weighted by atomic mass is 35.5. The summed E-state index contributed by atoms with van der Waals surface area (Å²) in [6.45, 7) is 3.17. The number of carbonyl (C=O) groups excluding carboxylic acids is 1. The third-order valence-corrected chi connectivity index (χ3v) is 8.26. The largest absolute Gasteiger partial charge is 0.504 e. The van der Waals surface area contributed by atoms with E-state index in [0.717, 1.165) is 0 Å². The average molecular weight is 652 g/mol. The Morgan fingerprint density at radius 1 is 1.04 bits per heavy atom. The van der Waals surface area contributed by atoms with Gasteiger partial charge in [-0.15, -0.1) is 0 Å². The fraction of sp³-hybridized carbons (Fsp3) is 0.452. The van der Waals surface area contributed by atoms with E-state index in [1.165, 1.54) is 43.3 Å². The summed E-state index contributed by atoms with van der Waals surface area (Å²) >= 11 is 6.02.